The lowest BCUT2D eigenvalue weighted by molar-refractivity contribution is 0.511. The normalized spacial score (nSPS) is 13.1. The number of rotatable bonds is 5. The molecular formula is C14H20N2O2. The van der Waals surface area contributed by atoms with Gasteiger partial charge in [0, 0.05) is 12.6 Å². The van der Waals surface area contributed by atoms with E-state index in [1.54, 1.807) is 4.57 Å². The molecule has 1 heterocycles. The number of hydrogen-bond donors (Lipinski definition) is 1. The molecule has 98 valence electrons. The van der Waals surface area contributed by atoms with E-state index in [9.17, 15) is 4.79 Å². The molecule has 18 heavy (non-hydrogen) atoms. The van der Waals surface area contributed by atoms with Gasteiger partial charge in [0.25, 0.3) is 0 Å². The minimum atomic E-state index is -0.277. The summed E-state index contributed by atoms with van der Waals surface area (Å²) in [6.07, 6.45) is 2.18. The SMILES string of the molecule is CCCC(NC)c1ccc2c(c1)oc(=O)n2CC. The van der Waals surface area contributed by atoms with Crippen LogP contribution in [-0.4, -0.2) is 11.6 Å². The van der Waals surface area contributed by atoms with Crippen LogP contribution in [0.5, 0.6) is 0 Å². The molecule has 0 fully saturated rings. The lowest BCUT2D eigenvalue weighted by Crippen LogP contribution is -2.15. The van der Waals surface area contributed by atoms with E-state index < -0.39 is 0 Å². The van der Waals surface area contributed by atoms with Gasteiger partial charge in [-0.15, -0.1) is 0 Å². The van der Waals surface area contributed by atoms with E-state index in [0.29, 0.717) is 18.2 Å². The van der Waals surface area contributed by atoms with Gasteiger partial charge in [-0.1, -0.05) is 19.4 Å². The fraction of sp³-hybridized carbons (Fsp3) is 0.500. The summed E-state index contributed by atoms with van der Waals surface area (Å²) in [5, 5.41) is 3.29. The topological polar surface area (TPSA) is 47.2 Å². The molecule has 0 aliphatic rings. The Hall–Kier alpha value is -1.55. The third-order valence-electron chi connectivity index (χ3n) is 3.34. The van der Waals surface area contributed by atoms with Crippen LogP contribution in [0.2, 0.25) is 0 Å². The van der Waals surface area contributed by atoms with Crippen LogP contribution < -0.4 is 11.1 Å². The largest absolute Gasteiger partial charge is 0.419 e. The Morgan fingerprint density at radius 1 is 1.39 bits per heavy atom. The van der Waals surface area contributed by atoms with Gasteiger partial charge in [-0.3, -0.25) is 4.57 Å². The third-order valence-corrected chi connectivity index (χ3v) is 3.34. The Balaban J connectivity index is 2.47. The van der Waals surface area contributed by atoms with Crippen molar-refractivity contribution in [3.63, 3.8) is 0 Å². The van der Waals surface area contributed by atoms with E-state index in [1.165, 1.54) is 5.56 Å². The molecule has 0 spiro atoms. The predicted octanol–water partition coefficient (Wildman–Crippen LogP) is 2.68. The van der Waals surface area contributed by atoms with Crippen molar-refractivity contribution in [2.24, 2.45) is 0 Å². The highest BCUT2D eigenvalue weighted by molar-refractivity contribution is 5.73. The van der Waals surface area contributed by atoms with Gasteiger partial charge in [0.05, 0.1) is 5.52 Å². The number of aryl methyl sites for hydroxylation is 1. The van der Waals surface area contributed by atoms with Crippen LogP contribution in [0.3, 0.4) is 0 Å². The van der Waals surface area contributed by atoms with Crippen molar-refractivity contribution in [2.45, 2.75) is 39.3 Å². The van der Waals surface area contributed by atoms with Crippen molar-refractivity contribution in [1.29, 1.82) is 0 Å². The van der Waals surface area contributed by atoms with E-state index in [0.717, 1.165) is 18.4 Å². The summed E-state index contributed by atoms with van der Waals surface area (Å²) in [6, 6.07) is 6.33. The zero-order valence-corrected chi connectivity index (χ0v) is 11.2. The second-order valence-corrected chi connectivity index (χ2v) is 4.47. The first-order chi connectivity index (χ1) is 8.71. The molecule has 1 aromatic carbocycles. The quantitative estimate of drug-likeness (QED) is 0.885. The van der Waals surface area contributed by atoms with Crippen LogP contribution in [0.1, 0.15) is 38.3 Å². The smallest absolute Gasteiger partial charge is 0.408 e. The van der Waals surface area contributed by atoms with E-state index in [1.807, 2.05) is 26.1 Å². The maximum Gasteiger partial charge on any atom is 0.419 e. The first kappa shape index (κ1) is 12.9. The third kappa shape index (κ3) is 2.20. The van der Waals surface area contributed by atoms with Gasteiger partial charge in [0.2, 0.25) is 0 Å². The molecule has 0 bridgehead atoms. The van der Waals surface area contributed by atoms with Crippen molar-refractivity contribution in [1.82, 2.24) is 9.88 Å². The molecule has 0 aliphatic heterocycles. The fourth-order valence-electron chi connectivity index (χ4n) is 2.37. The number of oxazole rings is 1. The molecular weight excluding hydrogens is 228 g/mol. The van der Waals surface area contributed by atoms with Gasteiger partial charge in [0.15, 0.2) is 5.58 Å². The van der Waals surface area contributed by atoms with E-state index in [-0.39, 0.29) is 5.76 Å². The molecule has 2 rings (SSSR count). The number of fused-ring (bicyclic) bond motifs is 1. The van der Waals surface area contributed by atoms with E-state index in [4.69, 9.17) is 4.42 Å². The Morgan fingerprint density at radius 2 is 2.17 bits per heavy atom. The van der Waals surface area contributed by atoms with Crippen LogP contribution in [0.15, 0.2) is 27.4 Å². The molecule has 0 saturated carbocycles. The Bertz CT molecular complexity index is 583. The molecule has 4 heteroatoms. The summed E-state index contributed by atoms with van der Waals surface area (Å²) in [4.78, 5) is 11.6. The first-order valence-corrected chi connectivity index (χ1v) is 6.51. The first-order valence-electron chi connectivity index (χ1n) is 6.51. The lowest BCUT2D eigenvalue weighted by Gasteiger charge is -2.15. The van der Waals surface area contributed by atoms with Crippen molar-refractivity contribution in [3.8, 4) is 0 Å². The molecule has 1 atom stereocenters. The summed E-state index contributed by atoms with van der Waals surface area (Å²) in [5.74, 6) is -0.277. The summed E-state index contributed by atoms with van der Waals surface area (Å²) in [7, 11) is 1.96. The minimum Gasteiger partial charge on any atom is -0.408 e. The monoisotopic (exact) mass is 248 g/mol. The van der Waals surface area contributed by atoms with Gasteiger partial charge < -0.3 is 9.73 Å². The average molecular weight is 248 g/mol. The van der Waals surface area contributed by atoms with E-state index >= 15 is 0 Å². The number of benzene rings is 1. The Labute approximate surface area is 107 Å². The second kappa shape index (κ2) is 5.40. The summed E-state index contributed by atoms with van der Waals surface area (Å²) >= 11 is 0. The Kier molecular flexibility index (Phi) is 3.87. The highest BCUT2D eigenvalue weighted by atomic mass is 16.4. The van der Waals surface area contributed by atoms with Crippen molar-refractivity contribution in [2.75, 3.05) is 7.05 Å². The lowest BCUT2D eigenvalue weighted by atomic mass is 10.0. The Morgan fingerprint density at radius 3 is 2.78 bits per heavy atom. The average Bonchev–Trinajstić information content (AvgIpc) is 2.70. The molecule has 1 N–H and O–H groups in total. The maximum absolute atomic E-state index is 11.6. The summed E-state index contributed by atoms with van der Waals surface area (Å²) in [6.45, 7) is 4.74. The molecule has 0 radical (unpaired) electrons. The molecule has 4 nitrogen and oxygen atoms in total. The number of aromatic nitrogens is 1. The van der Waals surface area contributed by atoms with Gasteiger partial charge in [-0.2, -0.15) is 0 Å². The zero-order chi connectivity index (χ0) is 13.1. The van der Waals surface area contributed by atoms with Crippen LogP contribution in [0.25, 0.3) is 11.1 Å². The molecule has 1 unspecified atom stereocenters. The van der Waals surface area contributed by atoms with Gasteiger partial charge in [0.1, 0.15) is 0 Å². The highest BCUT2D eigenvalue weighted by Gasteiger charge is 2.12. The van der Waals surface area contributed by atoms with Gasteiger partial charge in [-0.05, 0) is 38.1 Å². The molecule has 0 saturated heterocycles. The van der Waals surface area contributed by atoms with Gasteiger partial charge in [-0.25, -0.2) is 4.79 Å². The van der Waals surface area contributed by atoms with Crippen LogP contribution >= 0.6 is 0 Å². The number of hydrogen-bond acceptors (Lipinski definition) is 3. The van der Waals surface area contributed by atoms with E-state index in [2.05, 4.69) is 18.3 Å². The standard InChI is InChI=1S/C14H20N2O2/c1-4-6-11(15-3)10-7-8-12-13(9-10)18-14(17)16(12)5-2/h7-9,11,15H,4-6H2,1-3H3. The van der Waals surface area contributed by atoms with Crippen LogP contribution in [-0.2, 0) is 6.54 Å². The van der Waals surface area contributed by atoms with Crippen LogP contribution in [0, 0.1) is 0 Å². The maximum atomic E-state index is 11.6. The fourth-order valence-corrected chi connectivity index (χ4v) is 2.37. The molecule has 0 amide bonds. The summed E-state index contributed by atoms with van der Waals surface area (Å²) < 4.78 is 6.93. The van der Waals surface area contributed by atoms with Crippen molar-refractivity contribution in [3.05, 3.63) is 34.3 Å². The van der Waals surface area contributed by atoms with Crippen molar-refractivity contribution >= 4 is 11.1 Å². The van der Waals surface area contributed by atoms with Crippen molar-refractivity contribution < 1.29 is 4.42 Å². The second-order valence-electron chi connectivity index (χ2n) is 4.47. The molecule has 1 aromatic heterocycles. The van der Waals surface area contributed by atoms with Gasteiger partial charge >= 0.3 is 5.76 Å². The highest BCUT2D eigenvalue weighted by Crippen LogP contribution is 2.22. The predicted molar refractivity (Wildman–Crippen MR) is 72.9 cm³/mol. The zero-order valence-electron chi connectivity index (χ0n) is 11.2. The molecule has 0 aliphatic carbocycles. The summed E-state index contributed by atoms with van der Waals surface area (Å²) in [5.41, 5.74) is 2.72. The minimum absolute atomic E-state index is 0.277. The molecule has 2 aromatic rings. The number of nitrogens with zero attached hydrogens (tertiary/aromatic N) is 1. The number of nitrogens with one attached hydrogen (secondary N) is 1. The van der Waals surface area contributed by atoms with Crippen LogP contribution in [0.4, 0.5) is 0 Å².